The molecule has 1 atom stereocenters. The van der Waals surface area contributed by atoms with Crippen molar-refractivity contribution in [2.45, 2.75) is 46.7 Å². The molecule has 0 aromatic carbocycles. The Morgan fingerprint density at radius 1 is 1.35 bits per heavy atom. The second-order valence-corrected chi connectivity index (χ2v) is 7.76. The molecule has 3 aromatic heterocycles. The molecule has 0 bridgehead atoms. The quantitative estimate of drug-likeness (QED) is 0.744. The Balaban J connectivity index is 1.69. The van der Waals surface area contributed by atoms with Crippen LogP contribution in [0.1, 0.15) is 41.1 Å². The lowest BCUT2D eigenvalue weighted by Gasteiger charge is -2.14. The summed E-state index contributed by atoms with van der Waals surface area (Å²) in [7, 11) is 1.87. The number of carbonyl (C=O) groups is 1. The van der Waals surface area contributed by atoms with E-state index in [9.17, 15) is 9.59 Å². The fraction of sp³-hybridized carbons (Fsp3) is 0.444. The highest BCUT2D eigenvalue weighted by molar-refractivity contribution is 7.18. The van der Waals surface area contributed by atoms with Crippen LogP contribution in [-0.4, -0.2) is 25.2 Å². The lowest BCUT2D eigenvalue weighted by atomic mass is 10.1. The van der Waals surface area contributed by atoms with E-state index in [1.165, 1.54) is 22.2 Å². The van der Waals surface area contributed by atoms with Crippen molar-refractivity contribution in [3.63, 3.8) is 0 Å². The van der Waals surface area contributed by atoms with Crippen LogP contribution in [0.4, 0.5) is 0 Å². The van der Waals surface area contributed by atoms with Crippen molar-refractivity contribution in [1.82, 2.24) is 24.6 Å². The lowest BCUT2D eigenvalue weighted by Crippen LogP contribution is -2.29. The molecular weight excluding hydrogens is 350 g/mol. The summed E-state index contributed by atoms with van der Waals surface area (Å²) in [5.74, 6) is -0.106. The summed E-state index contributed by atoms with van der Waals surface area (Å²) >= 11 is 1.52. The van der Waals surface area contributed by atoms with Crippen molar-refractivity contribution in [3.05, 3.63) is 44.6 Å². The topological polar surface area (TPSA) is 81.8 Å². The molecule has 138 valence electrons. The Morgan fingerprint density at radius 3 is 2.73 bits per heavy atom. The number of rotatable bonds is 5. The van der Waals surface area contributed by atoms with Crippen LogP contribution in [0.3, 0.4) is 0 Å². The molecule has 0 spiro atoms. The van der Waals surface area contributed by atoms with Gasteiger partial charge in [-0.05, 0) is 33.3 Å². The van der Waals surface area contributed by atoms with Gasteiger partial charge in [0, 0.05) is 36.1 Å². The minimum Gasteiger partial charge on any atom is -0.349 e. The molecule has 3 heterocycles. The number of nitrogens with zero attached hydrogens (tertiary/aromatic N) is 4. The molecule has 0 aliphatic carbocycles. The Bertz CT molecular complexity index is 1030. The fourth-order valence-corrected chi connectivity index (χ4v) is 3.97. The van der Waals surface area contributed by atoms with Gasteiger partial charge in [0.05, 0.1) is 24.0 Å². The molecule has 7 nitrogen and oxygen atoms in total. The number of amides is 1. The number of carbonyl (C=O) groups excluding carboxylic acids is 1. The third-order valence-corrected chi connectivity index (χ3v) is 5.97. The van der Waals surface area contributed by atoms with Gasteiger partial charge in [0.1, 0.15) is 4.83 Å². The second kappa shape index (κ2) is 7.03. The monoisotopic (exact) mass is 373 g/mol. The predicted octanol–water partition coefficient (Wildman–Crippen LogP) is 2.38. The first kappa shape index (κ1) is 18.3. The smallest absolute Gasteiger partial charge is 0.262 e. The highest BCUT2D eigenvalue weighted by atomic mass is 32.1. The predicted molar refractivity (Wildman–Crippen MR) is 102 cm³/mol. The molecule has 1 unspecified atom stereocenters. The van der Waals surface area contributed by atoms with Gasteiger partial charge in [-0.1, -0.05) is 0 Å². The second-order valence-electron chi connectivity index (χ2n) is 6.55. The van der Waals surface area contributed by atoms with Crippen LogP contribution in [0.25, 0.3) is 10.2 Å². The standard InChI is InChI=1S/C18H23N5O2S/c1-10-13(4)26-17-16(10)18(25)23(9-19-17)7-6-15(24)21-11(2)14-8-20-22(5)12(14)3/h8-9,11H,6-7H2,1-5H3,(H,21,24). The van der Waals surface area contributed by atoms with Crippen LogP contribution < -0.4 is 10.9 Å². The van der Waals surface area contributed by atoms with Gasteiger partial charge in [-0.3, -0.25) is 18.8 Å². The molecule has 0 radical (unpaired) electrons. The number of fused-ring (bicyclic) bond motifs is 1. The first-order chi connectivity index (χ1) is 12.3. The summed E-state index contributed by atoms with van der Waals surface area (Å²) in [5, 5.41) is 7.83. The van der Waals surface area contributed by atoms with Crippen LogP contribution in [-0.2, 0) is 18.4 Å². The first-order valence-corrected chi connectivity index (χ1v) is 9.34. The third kappa shape index (κ3) is 3.29. The van der Waals surface area contributed by atoms with Crippen molar-refractivity contribution in [2.75, 3.05) is 0 Å². The van der Waals surface area contributed by atoms with E-state index in [-0.39, 0.29) is 23.9 Å². The summed E-state index contributed by atoms with van der Waals surface area (Å²) in [6.45, 7) is 8.13. The van der Waals surface area contributed by atoms with Gasteiger partial charge in [0.15, 0.2) is 0 Å². The lowest BCUT2D eigenvalue weighted by molar-refractivity contribution is -0.121. The molecule has 0 aliphatic rings. The molecule has 0 saturated heterocycles. The number of thiophene rings is 1. The maximum Gasteiger partial charge on any atom is 0.262 e. The van der Waals surface area contributed by atoms with Gasteiger partial charge in [-0.25, -0.2) is 4.98 Å². The molecule has 0 aliphatic heterocycles. The van der Waals surface area contributed by atoms with Crippen LogP contribution >= 0.6 is 11.3 Å². The third-order valence-electron chi connectivity index (χ3n) is 4.85. The van der Waals surface area contributed by atoms with Crippen molar-refractivity contribution in [1.29, 1.82) is 0 Å². The van der Waals surface area contributed by atoms with E-state index in [0.29, 0.717) is 11.9 Å². The zero-order valence-electron chi connectivity index (χ0n) is 15.7. The zero-order valence-corrected chi connectivity index (χ0v) is 16.5. The molecule has 3 aromatic rings. The minimum atomic E-state index is -0.129. The minimum absolute atomic E-state index is 0.0826. The Hall–Kier alpha value is -2.48. The van der Waals surface area contributed by atoms with Crippen LogP contribution in [0, 0.1) is 20.8 Å². The van der Waals surface area contributed by atoms with E-state index in [1.807, 2.05) is 34.7 Å². The molecule has 1 amide bonds. The van der Waals surface area contributed by atoms with E-state index in [1.54, 1.807) is 10.9 Å². The molecule has 1 N–H and O–H groups in total. The van der Waals surface area contributed by atoms with Gasteiger partial charge >= 0.3 is 0 Å². The van der Waals surface area contributed by atoms with Gasteiger partial charge < -0.3 is 5.32 Å². The highest BCUT2D eigenvalue weighted by Crippen LogP contribution is 2.25. The summed E-state index contributed by atoms with van der Waals surface area (Å²) in [6.07, 6.45) is 3.52. The molecule has 0 fully saturated rings. The number of aryl methyl sites for hydroxylation is 4. The molecular formula is C18H23N5O2S. The Morgan fingerprint density at radius 2 is 2.08 bits per heavy atom. The summed E-state index contributed by atoms with van der Waals surface area (Å²) in [4.78, 5) is 31.2. The first-order valence-electron chi connectivity index (χ1n) is 8.52. The highest BCUT2D eigenvalue weighted by Gasteiger charge is 2.16. The van der Waals surface area contributed by atoms with Crippen LogP contribution in [0.15, 0.2) is 17.3 Å². The SMILES string of the molecule is Cc1sc2ncn(CCC(=O)NC(C)c3cnn(C)c3C)c(=O)c2c1C. The van der Waals surface area contributed by atoms with Crippen molar-refractivity contribution in [2.24, 2.45) is 7.05 Å². The number of nitrogens with one attached hydrogen (secondary N) is 1. The van der Waals surface area contributed by atoms with Gasteiger partial charge in [0.2, 0.25) is 5.91 Å². The van der Waals surface area contributed by atoms with E-state index >= 15 is 0 Å². The fourth-order valence-electron chi connectivity index (χ4n) is 2.98. The average Bonchev–Trinajstić information content (AvgIpc) is 3.07. The molecule has 3 rings (SSSR count). The van der Waals surface area contributed by atoms with E-state index < -0.39 is 0 Å². The van der Waals surface area contributed by atoms with Crippen molar-refractivity contribution < 1.29 is 4.79 Å². The van der Waals surface area contributed by atoms with Crippen molar-refractivity contribution >= 4 is 27.5 Å². The molecule has 26 heavy (non-hydrogen) atoms. The normalized spacial score (nSPS) is 12.5. The summed E-state index contributed by atoms with van der Waals surface area (Å²) in [5.41, 5.74) is 2.90. The van der Waals surface area contributed by atoms with Crippen molar-refractivity contribution in [3.8, 4) is 0 Å². The number of aromatic nitrogens is 4. The maximum absolute atomic E-state index is 12.7. The number of hydrogen-bond donors (Lipinski definition) is 1. The Labute approximate surface area is 155 Å². The van der Waals surface area contributed by atoms with Gasteiger partial charge in [0.25, 0.3) is 5.56 Å². The molecule has 0 saturated carbocycles. The van der Waals surface area contributed by atoms with Gasteiger partial charge in [-0.2, -0.15) is 5.10 Å². The maximum atomic E-state index is 12.7. The van der Waals surface area contributed by atoms with E-state index in [0.717, 1.165) is 26.5 Å². The van der Waals surface area contributed by atoms with E-state index in [2.05, 4.69) is 15.4 Å². The van der Waals surface area contributed by atoms with Crippen LogP contribution in [0.2, 0.25) is 0 Å². The van der Waals surface area contributed by atoms with Gasteiger partial charge in [-0.15, -0.1) is 11.3 Å². The largest absolute Gasteiger partial charge is 0.349 e. The summed E-state index contributed by atoms with van der Waals surface area (Å²) in [6, 6.07) is -0.129. The zero-order chi connectivity index (χ0) is 19.0. The molecule has 8 heteroatoms. The summed E-state index contributed by atoms with van der Waals surface area (Å²) < 4.78 is 3.30. The number of hydrogen-bond acceptors (Lipinski definition) is 5. The van der Waals surface area contributed by atoms with E-state index in [4.69, 9.17) is 0 Å². The Kier molecular flexibility index (Phi) is 4.95. The average molecular weight is 373 g/mol. The van der Waals surface area contributed by atoms with Crippen LogP contribution in [0.5, 0.6) is 0 Å².